The van der Waals surface area contributed by atoms with Gasteiger partial charge in [-0.05, 0) is 17.4 Å². The van der Waals surface area contributed by atoms with Gasteiger partial charge in [-0.2, -0.15) is 11.3 Å². The molecule has 0 atom stereocenters. The van der Waals surface area contributed by atoms with Gasteiger partial charge >= 0.3 is 0 Å². The molecule has 9 heavy (non-hydrogen) atoms. The van der Waals surface area contributed by atoms with E-state index in [1.807, 2.05) is 16.8 Å². The first-order valence-electron chi connectivity index (χ1n) is 2.66. The van der Waals surface area contributed by atoms with Crippen LogP contribution in [0.15, 0.2) is 23.4 Å². The number of rotatable bonds is 2. The van der Waals surface area contributed by atoms with Gasteiger partial charge in [-0.15, -0.1) is 6.58 Å². The Morgan fingerprint density at radius 3 is 2.89 bits per heavy atom. The largest absolute Gasteiger partial charge is 0.151 e. The van der Waals surface area contributed by atoms with E-state index < -0.39 is 0 Å². The SMILES string of the molecule is C=CCc1cscc1Cl. The van der Waals surface area contributed by atoms with Gasteiger partial charge in [0, 0.05) is 5.38 Å². The van der Waals surface area contributed by atoms with Crippen molar-refractivity contribution < 1.29 is 0 Å². The predicted molar refractivity (Wildman–Crippen MR) is 43.2 cm³/mol. The maximum absolute atomic E-state index is 5.78. The molecular formula is C7H7ClS. The third-order valence-corrected chi connectivity index (χ3v) is 2.33. The molecule has 0 aliphatic rings. The van der Waals surface area contributed by atoms with Crippen molar-refractivity contribution in [1.82, 2.24) is 0 Å². The van der Waals surface area contributed by atoms with Gasteiger partial charge in [-0.25, -0.2) is 0 Å². The van der Waals surface area contributed by atoms with E-state index >= 15 is 0 Å². The van der Waals surface area contributed by atoms with Crippen LogP contribution in [0, 0.1) is 0 Å². The molecule has 0 nitrogen and oxygen atoms in total. The van der Waals surface area contributed by atoms with Crippen molar-refractivity contribution in [1.29, 1.82) is 0 Å². The van der Waals surface area contributed by atoms with Gasteiger partial charge in [-0.1, -0.05) is 17.7 Å². The molecule has 48 valence electrons. The summed E-state index contributed by atoms with van der Waals surface area (Å²) in [5.41, 5.74) is 1.18. The van der Waals surface area contributed by atoms with Crippen LogP contribution in [0.2, 0.25) is 5.02 Å². The summed E-state index contributed by atoms with van der Waals surface area (Å²) in [6.07, 6.45) is 2.73. The topological polar surface area (TPSA) is 0 Å². The first kappa shape index (κ1) is 6.84. The summed E-state index contributed by atoms with van der Waals surface area (Å²) in [4.78, 5) is 0. The minimum Gasteiger partial charge on any atom is -0.151 e. The Morgan fingerprint density at radius 1 is 1.67 bits per heavy atom. The zero-order valence-electron chi connectivity index (χ0n) is 4.93. The molecule has 1 aromatic rings. The van der Waals surface area contributed by atoms with Crippen molar-refractivity contribution in [3.8, 4) is 0 Å². The third-order valence-electron chi connectivity index (χ3n) is 1.05. The minimum absolute atomic E-state index is 0.861. The Bertz CT molecular complexity index is 202. The molecule has 0 unspecified atom stereocenters. The van der Waals surface area contributed by atoms with E-state index in [1.165, 1.54) is 5.56 Å². The molecule has 0 amide bonds. The Kier molecular flexibility index (Phi) is 2.31. The van der Waals surface area contributed by atoms with Crippen LogP contribution in [-0.2, 0) is 6.42 Å². The molecule has 0 bridgehead atoms. The molecule has 0 spiro atoms. The van der Waals surface area contributed by atoms with E-state index in [9.17, 15) is 0 Å². The number of hydrogen-bond donors (Lipinski definition) is 0. The predicted octanol–water partition coefficient (Wildman–Crippen LogP) is 3.13. The van der Waals surface area contributed by atoms with Crippen molar-refractivity contribution in [3.05, 3.63) is 34.0 Å². The van der Waals surface area contributed by atoms with E-state index in [-0.39, 0.29) is 0 Å². The molecule has 1 heterocycles. The van der Waals surface area contributed by atoms with Crippen LogP contribution in [0.4, 0.5) is 0 Å². The maximum Gasteiger partial charge on any atom is 0.0548 e. The maximum atomic E-state index is 5.78. The summed E-state index contributed by atoms with van der Waals surface area (Å²) in [7, 11) is 0. The van der Waals surface area contributed by atoms with E-state index in [4.69, 9.17) is 11.6 Å². The van der Waals surface area contributed by atoms with E-state index in [1.54, 1.807) is 11.3 Å². The van der Waals surface area contributed by atoms with Crippen LogP contribution in [0.5, 0.6) is 0 Å². The second kappa shape index (κ2) is 3.04. The monoisotopic (exact) mass is 158 g/mol. The molecule has 0 aromatic carbocycles. The number of hydrogen-bond acceptors (Lipinski definition) is 1. The molecule has 0 aliphatic carbocycles. The van der Waals surface area contributed by atoms with Gasteiger partial charge in [0.25, 0.3) is 0 Å². The fourth-order valence-electron chi connectivity index (χ4n) is 0.609. The number of thiophene rings is 1. The number of halogens is 1. The Hall–Kier alpha value is -0.270. The van der Waals surface area contributed by atoms with Crippen LogP contribution in [0.3, 0.4) is 0 Å². The molecule has 0 aliphatic heterocycles. The quantitative estimate of drug-likeness (QED) is 0.581. The van der Waals surface area contributed by atoms with Gasteiger partial charge in [-0.3, -0.25) is 0 Å². The van der Waals surface area contributed by atoms with Crippen LogP contribution >= 0.6 is 22.9 Å². The van der Waals surface area contributed by atoms with Crippen molar-refractivity contribution in [2.75, 3.05) is 0 Å². The zero-order chi connectivity index (χ0) is 6.69. The zero-order valence-corrected chi connectivity index (χ0v) is 6.50. The summed E-state index contributed by atoms with van der Waals surface area (Å²) in [5, 5.41) is 4.84. The van der Waals surface area contributed by atoms with Gasteiger partial charge in [0.1, 0.15) is 0 Å². The highest BCUT2D eigenvalue weighted by Crippen LogP contribution is 2.20. The minimum atomic E-state index is 0.861. The van der Waals surface area contributed by atoms with Gasteiger partial charge in [0.2, 0.25) is 0 Å². The Labute approximate surface area is 63.8 Å². The lowest BCUT2D eigenvalue weighted by Crippen LogP contribution is -1.73. The standard InChI is InChI=1S/C7H7ClS/c1-2-3-6-4-9-5-7(6)8/h2,4-5H,1,3H2. The fraction of sp³-hybridized carbons (Fsp3) is 0.143. The summed E-state index contributed by atoms with van der Waals surface area (Å²) in [5.74, 6) is 0. The molecule has 0 radical (unpaired) electrons. The van der Waals surface area contributed by atoms with Crippen molar-refractivity contribution in [2.45, 2.75) is 6.42 Å². The van der Waals surface area contributed by atoms with Crippen LogP contribution in [0.25, 0.3) is 0 Å². The molecule has 1 rings (SSSR count). The smallest absolute Gasteiger partial charge is 0.0548 e. The molecular weight excluding hydrogens is 152 g/mol. The van der Waals surface area contributed by atoms with Crippen molar-refractivity contribution in [3.63, 3.8) is 0 Å². The first-order chi connectivity index (χ1) is 4.34. The lowest BCUT2D eigenvalue weighted by Gasteiger charge is -1.87. The highest BCUT2D eigenvalue weighted by molar-refractivity contribution is 7.08. The second-order valence-corrected chi connectivity index (χ2v) is 2.89. The summed E-state index contributed by atoms with van der Waals surface area (Å²) in [6.45, 7) is 3.62. The normalized spacial score (nSPS) is 9.44. The molecule has 0 N–H and O–H groups in total. The van der Waals surface area contributed by atoms with Crippen molar-refractivity contribution >= 4 is 22.9 Å². The highest BCUT2D eigenvalue weighted by atomic mass is 35.5. The van der Waals surface area contributed by atoms with Gasteiger partial charge < -0.3 is 0 Å². The summed E-state index contributed by atoms with van der Waals surface area (Å²) in [6, 6.07) is 0. The van der Waals surface area contributed by atoms with Gasteiger partial charge in [0.05, 0.1) is 5.02 Å². The highest BCUT2D eigenvalue weighted by Gasteiger charge is 1.95. The molecule has 2 heteroatoms. The second-order valence-electron chi connectivity index (χ2n) is 1.74. The third kappa shape index (κ3) is 1.57. The van der Waals surface area contributed by atoms with Crippen LogP contribution in [-0.4, -0.2) is 0 Å². The molecule has 1 aromatic heterocycles. The average Bonchev–Trinajstić information content (AvgIpc) is 2.18. The van der Waals surface area contributed by atoms with Crippen LogP contribution in [0.1, 0.15) is 5.56 Å². The van der Waals surface area contributed by atoms with E-state index in [0.717, 1.165) is 11.4 Å². The van der Waals surface area contributed by atoms with E-state index in [2.05, 4.69) is 6.58 Å². The Morgan fingerprint density at radius 2 is 2.44 bits per heavy atom. The van der Waals surface area contributed by atoms with Crippen molar-refractivity contribution in [2.24, 2.45) is 0 Å². The Balaban J connectivity index is 2.80. The molecule has 0 fully saturated rings. The lowest BCUT2D eigenvalue weighted by atomic mass is 10.2. The van der Waals surface area contributed by atoms with Gasteiger partial charge in [0.15, 0.2) is 0 Å². The summed E-state index contributed by atoms with van der Waals surface area (Å²) >= 11 is 7.41. The first-order valence-corrected chi connectivity index (χ1v) is 3.98. The average molecular weight is 159 g/mol. The summed E-state index contributed by atoms with van der Waals surface area (Å²) < 4.78 is 0. The molecule has 0 saturated carbocycles. The molecule has 0 saturated heterocycles. The van der Waals surface area contributed by atoms with Crippen LogP contribution < -0.4 is 0 Å². The number of allylic oxidation sites excluding steroid dienone is 1. The van der Waals surface area contributed by atoms with E-state index in [0.29, 0.717) is 0 Å². The lowest BCUT2D eigenvalue weighted by molar-refractivity contribution is 1.31. The fourth-order valence-corrected chi connectivity index (χ4v) is 1.69.